The lowest BCUT2D eigenvalue weighted by atomic mass is 10.2. The number of amidine groups is 1. The minimum absolute atomic E-state index is 0.100. The number of carbonyl (C=O) groups is 2. The van der Waals surface area contributed by atoms with Crippen LogP contribution in [0.2, 0.25) is 5.02 Å². The predicted molar refractivity (Wildman–Crippen MR) is 134 cm³/mol. The third-order valence-corrected chi connectivity index (χ3v) is 5.72. The van der Waals surface area contributed by atoms with E-state index in [1.165, 1.54) is 11.8 Å². The number of benzene rings is 3. The first-order valence-electron chi connectivity index (χ1n) is 10.1. The smallest absolute Gasteiger partial charge is 0.264 e. The Kier molecular flexibility index (Phi) is 7.12. The van der Waals surface area contributed by atoms with Crippen LogP contribution in [-0.4, -0.2) is 23.6 Å². The van der Waals surface area contributed by atoms with Gasteiger partial charge >= 0.3 is 0 Å². The van der Waals surface area contributed by atoms with E-state index in [0.717, 1.165) is 16.8 Å². The van der Waals surface area contributed by atoms with Gasteiger partial charge in [-0.1, -0.05) is 35.9 Å². The lowest BCUT2D eigenvalue weighted by Crippen LogP contribution is -2.20. The van der Waals surface area contributed by atoms with Crippen molar-refractivity contribution in [2.75, 3.05) is 11.9 Å². The highest BCUT2D eigenvalue weighted by Crippen LogP contribution is 2.28. The van der Waals surface area contributed by atoms with Gasteiger partial charge in [-0.25, -0.2) is 4.99 Å². The first-order chi connectivity index (χ1) is 15.9. The van der Waals surface area contributed by atoms with Crippen molar-refractivity contribution in [1.29, 1.82) is 0 Å². The van der Waals surface area contributed by atoms with Crippen molar-refractivity contribution < 1.29 is 14.3 Å². The van der Waals surface area contributed by atoms with E-state index in [1.807, 2.05) is 43.3 Å². The van der Waals surface area contributed by atoms with Gasteiger partial charge in [0.15, 0.2) is 11.8 Å². The molecule has 6 nitrogen and oxygen atoms in total. The van der Waals surface area contributed by atoms with Crippen LogP contribution in [0.4, 0.5) is 11.4 Å². The number of hydrogen-bond acceptors (Lipinski definition) is 5. The molecular weight excluding hydrogens is 458 g/mol. The lowest BCUT2D eigenvalue weighted by Gasteiger charge is -2.08. The minimum Gasteiger partial charge on any atom is -0.484 e. The molecule has 0 unspecified atom stereocenters. The van der Waals surface area contributed by atoms with E-state index < -0.39 is 0 Å². The topological polar surface area (TPSA) is 79.8 Å². The molecule has 0 spiro atoms. The summed E-state index contributed by atoms with van der Waals surface area (Å²) in [5.74, 6) is 0.115. The van der Waals surface area contributed by atoms with Gasteiger partial charge in [-0.3, -0.25) is 9.59 Å². The zero-order valence-electron chi connectivity index (χ0n) is 17.7. The van der Waals surface area contributed by atoms with E-state index in [4.69, 9.17) is 16.3 Å². The van der Waals surface area contributed by atoms with E-state index >= 15 is 0 Å². The summed E-state index contributed by atoms with van der Waals surface area (Å²) in [5.41, 5.74) is 3.33. The second kappa shape index (κ2) is 10.4. The molecule has 1 aliphatic heterocycles. The quantitative estimate of drug-likeness (QED) is 0.456. The molecule has 1 fully saturated rings. The van der Waals surface area contributed by atoms with Gasteiger partial charge in [-0.2, -0.15) is 0 Å². The molecule has 0 bridgehead atoms. The largest absolute Gasteiger partial charge is 0.484 e. The van der Waals surface area contributed by atoms with Crippen LogP contribution in [0.25, 0.3) is 6.08 Å². The highest BCUT2D eigenvalue weighted by atomic mass is 35.5. The van der Waals surface area contributed by atoms with Crippen molar-refractivity contribution in [2.45, 2.75) is 6.92 Å². The van der Waals surface area contributed by atoms with Gasteiger partial charge in [0.1, 0.15) is 5.75 Å². The van der Waals surface area contributed by atoms with Crippen molar-refractivity contribution in [2.24, 2.45) is 4.99 Å². The van der Waals surface area contributed by atoms with Gasteiger partial charge in [-0.05, 0) is 84.4 Å². The summed E-state index contributed by atoms with van der Waals surface area (Å²) in [7, 11) is 0. The van der Waals surface area contributed by atoms with Crippen molar-refractivity contribution in [3.05, 3.63) is 93.9 Å². The second-order valence-electron chi connectivity index (χ2n) is 7.23. The van der Waals surface area contributed by atoms with Crippen LogP contribution >= 0.6 is 23.4 Å². The van der Waals surface area contributed by atoms with E-state index in [2.05, 4.69) is 15.6 Å². The molecule has 33 heavy (non-hydrogen) atoms. The number of anilines is 1. The molecule has 4 rings (SSSR count). The Hall–Kier alpha value is -3.55. The molecule has 8 heteroatoms. The number of nitrogens with zero attached hydrogens (tertiary/aromatic N) is 1. The number of rotatable bonds is 6. The first-order valence-corrected chi connectivity index (χ1v) is 11.3. The molecule has 0 radical (unpaired) electrons. The molecule has 0 saturated carbocycles. The molecule has 2 amide bonds. The molecule has 0 atom stereocenters. The van der Waals surface area contributed by atoms with Crippen LogP contribution in [0.3, 0.4) is 0 Å². The maximum atomic E-state index is 12.3. The molecule has 1 saturated heterocycles. The minimum atomic E-state index is -0.238. The van der Waals surface area contributed by atoms with E-state index in [9.17, 15) is 9.59 Å². The van der Waals surface area contributed by atoms with Gasteiger partial charge < -0.3 is 15.4 Å². The number of halogens is 1. The number of nitrogens with one attached hydrogen (secondary N) is 2. The Morgan fingerprint density at radius 1 is 1.12 bits per heavy atom. The zero-order chi connectivity index (χ0) is 23.2. The van der Waals surface area contributed by atoms with Gasteiger partial charge in [0.25, 0.3) is 11.8 Å². The Morgan fingerprint density at radius 2 is 1.88 bits per heavy atom. The van der Waals surface area contributed by atoms with Crippen molar-refractivity contribution >= 4 is 57.8 Å². The summed E-state index contributed by atoms with van der Waals surface area (Å²) < 4.78 is 5.56. The number of aliphatic imine (C=N–C) groups is 1. The average molecular weight is 478 g/mol. The van der Waals surface area contributed by atoms with Crippen LogP contribution in [-0.2, 0) is 9.59 Å². The van der Waals surface area contributed by atoms with E-state index in [1.54, 1.807) is 42.5 Å². The second-order valence-corrected chi connectivity index (χ2v) is 8.70. The summed E-state index contributed by atoms with van der Waals surface area (Å²) in [6.07, 6.45) is 1.78. The summed E-state index contributed by atoms with van der Waals surface area (Å²) in [6, 6.07) is 21.8. The fourth-order valence-electron chi connectivity index (χ4n) is 2.99. The number of thioether (sulfide) groups is 1. The molecule has 166 valence electrons. The number of amides is 2. The number of hydrogen-bond donors (Lipinski definition) is 2. The summed E-state index contributed by atoms with van der Waals surface area (Å²) in [6.45, 7) is 1.86. The van der Waals surface area contributed by atoms with Crippen LogP contribution in [0.1, 0.15) is 11.1 Å². The fourth-order valence-corrected chi connectivity index (χ4v) is 3.96. The highest BCUT2D eigenvalue weighted by Gasteiger charge is 2.23. The van der Waals surface area contributed by atoms with Gasteiger partial charge in [0.05, 0.1) is 10.6 Å². The first kappa shape index (κ1) is 22.6. The number of carbonyl (C=O) groups excluding carboxylic acids is 2. The molecule has 1 aliphatic rings. The Balaban J connectivity index is 1.33. The maximum Gasteiger partial charge on any atom is 0.264 e. The van der Waals surface area contributed by atoms with Crippen molar-refractivity contribution in [3.8, 4) is 5.75 Å². The molecule has 3 aromatic rings. The molecular formula is C25H20ClN3O3S. The normalized spacial score (nSPS) is 15.5. The van der Waals surface area contributed by atoms with Gasteiger partial charge in [0, 0.05) is 10.7 Å². The summed E-state index contributed by atoms with van der Waals surface area (Å²) in [5, 5.41) is 6.70. The van der Waals surface area contributed by atoms with E-state index in [-0.39, 0.29) is 18.4 Å². The monoisotopic (exact) mass is 477 g/mol. The van der Waals surface area contributed by atoms with Gasteiger partial charge in [-0.15, -0.1) is 0 Å². The summed E-state index contributed by atoms with van der Waals surface area (Å²) >= 11 is 7.15. The Bertz CT molecular complexity index is 1240. The molecule has 0 aromatic heterocycles. The van der Waals surface area contributed by atoms with Crippen LogP contribution in [0, 0.1) is 6.92 Å². The fraction of sp³-hybridized carbons (Fsp3) is 0.0800. The number of ether oxygens (including phenoxy) is 1. The van der Waals surface area contributed by atoms with Crippen LogP contribution in [0.15, 0.2) is 82.7 Å². The van der Waals surface area contributed by atoms with Crippen molar-refractivity contribution in [1.82, 2.24) is 5.32 Å². The van der Waals surface area contributed by atoms with Crippen LogP contribution in [0.5, 0.6) is 5.75 Å². The van der Waals surface area contributed by atoms with Crippen molar-refractivity contribution in [3.63, 3.8) is 0 Å². The standard InChI is InChI=1S/C25H20ClN3O3S/c1-16-3-2-4-20(13-16)27-23(30)15-32-21-11-5-17(6-12-21)14-22-24(31)29-25(33-22)28-19-9-7-18(26)8-10-19/h2-14H,15H2,1H3,(H,27,30)(H,28,29,31)/b22-14-. The molecule has 1 heterocycles. The summed E-state index contributed by atoms with van der Waals surface area (Å²) in [4.78, 5) is 29.3. The highest BCUT2D eigenvalue weighted by molar-refractivity contribution is 8.18. The molecule has 3 aromatic carbocycles. The van der Waals surface area contributed by atoms with E-state index in [0.29, 0.717) is 26.5 Å². The third-order valence-electron chi connectivity index (χ3n) is 4.56. The molecule has 0 aliphatic carbocycles. The predicted octanol–water partition coefficient (Wildman–Crippen LogP) is 5.56. The third kappa shape index (κ3) is 6.47. The Labute approximate surface area is 200 Å². The van der Waals surface area contributed by atoms with Gasteiger partial charge in [0.2, 0.25) is 0 Å². The number of aryl methyl sites for hydroxylation is 1. The maximum absolute atomic E-state index is 12.3. The van der Waals surface area contributed by atoms with Crippen LogP contribution < -0.4 is 15.4 Å². The average Bonchev–Trinajstić information content (AvgIpc) is 3.13. The lowest BCUT2D eigenvalue weighted by molar-refractivity contribution is -0.118. The zero-order valence-corrected chi connectivity index (χ0v) is 19.2. The molecule has 2 N–H and O–H groups in total. The SMILES string of the molecule is Cc1cccc(NC(=O)COc2ccc(/C=C3\SC(=Nc4ccc(Cl)cc4)NC3=O)cc2)c1. The Morgan fingerprint density at radius 3 is 2.61 bits per heavy atom.